The number of allylic oxidation sites excluding steroid dienone is 1. The fourth-order valence-corrected chi connectivity index (χ4v) is 1.72. The van der Waals surface area contributed by atoms with Crippen LogP contribution in [0.5, 0.6) is 0 Å². The number of carbonyl (C=O) groups is 1. The minimum Gasteiger partial charge on any atom is -0.463 e. The van der Waals surface area contributed by atoms with E-state index < -0.39 is 0 Å². The number of hydrogen-bond donors (Lipinski definition) is 0. The smallest absolute Gasteiger partial charge is 0.199 e. The van der Waals surface area contributed by atoms with Crippen LogP contribution in [-0.2, 0) is 4.79 Å². The molecule has 0 fully saturated rings. The Morgan fingerprint density at radius 3 is 2.88 bits per heavy atom. The number of carbonyl (C=O) groups excluding carboxylic acids is 1. The van der Waals surface area contributed by atoms with E-state index in [2.05, 4.69) is 15.9 Å². The van der Waals surface area contributed by atoms with Crippen LogP contribution in [0.15, 0.2) is 44.2 Å². The molecule has 0 bridgehead atoms. The van der Waals surface area contributed by atoms with Gasteiger partial charge >= 0.3 is 0 Å². The number of aldehydes is 1. The van der Waals surface area contributed by atoms with Crippen molar-refractivity contribution in [3.63, 3.8) is 0 Å². The standard InChI is InChI=1S/C12H7BrO3/c13-9-3-4-10-11(6-9)16-7-8(12(10)15)2-1-5-14/h1-7H/b2-1+. The molecule has 16 heavy (non-hydrogen) atoms. The predicted molar refractivity (Wildman–Crippen MR) is 65.3 cm³/mol. The van der Waals surface area contributed by atoms with Gasteiger partial charge < -0.3 is 4.42 Å². The third-order valence-corrected chi connectivity index (χ3v) is 2.61. The Morgan fingerprint density at radius 1 is 1.31 bits per heavy atom. The first-order valence-corrected chi connectivity index (χ1v) is 5.34. The molecule has 1 heterocycles. The molecule has 0 amide bonds. The molecule has 0 aliphatic carbocycles. The van der Waals surface area contributed by atoms with Crippen LogP contribution in [0.3, 0.4) is 0 Å². The van der Waals surface area contributed by atoms with Gasteiger partial charge in [0.1, 0.15) is 18.1 Å². The SMILES string of the molecule is O=C/C=C/c1coc2cc(Br)ccc2c1=O. The van der Waals surface area contributed by atoms with E-state index in [0.717, 1.165) is 4.47 Å². The number of hydrogen-bond acceptors (Lipinski definition) is 3. The Kier molecular flexibility index (Phi) is 3.01. The summed E-state index contributed by atoms with van der Waals surface area (Å²) in [5.41, 5.74) is 0.733. The van der Waals surface area contributed by atoms with E-state index in [4.69, 9.17) is 4.42 Å². The van der Waals surface area contributed by atoms with Crippen molar-refractivity contribution in [2.45, 2.75) is 0 Å². The Bertz CT molecular complexity index is 626. The lowest BCUT2D eigenvalue weighted by atomic mass is 10.1. The molecule has 0 unspecified atom stereocenters. The first-order chi connectivity index (χ1) is 7.72. The number of halogens is 1. The zero-order valence-corrected chi connectivity index (χ0v) is 9.73. The lowest BCUT2D eigenvalue weighted by Gasteiger charge is -1.98. The van der Waals surface area contributed by atoms with Gasteiger partial charge in [0.05, 0.1) is 10.9 Å². The minimum absolute atomic E-state index is 0.146. The molecule has 2 rings (SSSR count). The number of benzene rings is 1. The molecule has 3 nitrogen and oxygen atoms in total. The zero-order valence-electron chi connectivity index (χ0n) is 8.14. The monoisotopic (exact) mass is 278 g/mol. The van der Waals surface area contributed by atoms with Crippen LogP contribution in [0, 0.1) is 0 Å². The summed E-state index contributed by atoms with van der Waals surface area (Å²) < 4.78 is 6.15. The lowest BCUT2D eigenvalue weighted by Crippen LogP contribution is -2.04. The predicted octanol–water partition coefficient (Wildman–Crippen LogP) is 2.77. The van der Waals surface area contributed by atoms with Crippen molar-refractivity contribution in [3.8, 4) is 0 Å². The van der Waals surface area contributed by atoms with E-state index in [1.54, 1.807) is 18.2 Å². The summed E-state index contributed by atoms with van der Waals surface area (Å²) >= 11 is 3.30. The van der Waals surface area contributed by atoms with Gasteiger partial charge in [0.15, 0.2) is 5.43 Å². The van der Waals surface area contributed by atoms with E-state index in [1.165, 1.54) is 18.4 Å². The third kappa shape index (κ3) is 1.97. The third-order valence-electron chi connectivity index (χ3n) is 2.12. The van der Waals surface area contributed by atoms with Crippen molar-refractivity contribution in [3.05, 3.63) is 50.8 Å². The van der Waals surface area contributed by atoms with E-state index in [0.29, 0.717) is 22.8 Å². The van der Waals surface area contributed by atoms with Crippen LogP contribution in [0.4, 0.5) is 0 Å². The van der Waals surface area contributed by atoms with E-state index in [9.17, 15) is 9.59 Å². The second kappa shape index (κ2) is 4.45. The highest BCUT2D eigenvalue weighted by molar-refractivity contribution is 9.10. The van der Waals surface area contributed by atoms with Crippen molar-refractivity contribution in [1.82, 2.24) is 0 Å². The van der Waals surface area contributed by atoms with Crippen LogP contribution < -0.4 is 5.43 Å². The summed E-state index contributed by atoms with van der Waals surface area (Å²) in [4.78, 5) is 22.1. The second-order valence-electron chi connectivity index (χ2n) is 3.16. The Labute approximate surface area is 99.5 Å². The van der Waals surface area contributed by atoms with Crippen molar-refractivity contribution in [2.75, 3.05) is 0 Å². The van der Waals surface area contributed by atoms with E-state index >= 15 is 0 Å². The number of rotatable bonds is 2. The van der Waals surface area contributed by atoms with Crippen LogP contribution in [0.1, 0.15) is 5.56 Å². The average molecular weight is 279 g/mol. The first-order valence-electron chi connectivity index (χ1n) is 4.55. The van der Waals surface area contributed by atoms with Gasteiger partial charge in [0.25, 0.3) is 0 Å². The molecular weight excluding hydrogens is 272 g/mol. The molecule has 0 aliphatic heterocycles. The van der Waals surface area contributed by atoms with Gasteiger partial charge in [-0.25, -0.2) is 0 Å². The van der Waals surface area contributed by atoms with Gasteiger partial charge in [0, 0.05) is 4.47 Å². The van der Waals surface area contributed by atoms with Gasteiger partial charge in [0.2, 0.25) is 0 Å². The summed E-state index contributed by atoms with van der Waals surface area (Å²) in [6.07, 6.45) is 4.65. The Hall–Kier alpha value is -1.68. The normalized spacial score (nSPS) is 11.1. The zero-order chi connectivity index (χ0) is 11.5. The maximum Gasteiger partial charge on any atom is 0.199 e. The Balaban J connectivity index is 2.70. The lowest BCUT2D eigenvalue weighted by molar-refractivity contribution is -0.104. The highest BCUT2D eigenvalue weighted by atomic mass is 79.9. The summed E-state index contributed by atoms with van der Waals surface area (Å²) in [5, 5.41) is 0.497. The molecule has 0 aliphatic rings. The molecular formula is C12H7BrO3. The largest absolute Gasteiger partial charge is 0.463 e. The molecule has 0 atom stereocenters. The minimum atomic E-state index is -0.146. The average Bonchev–Trinajstić information content (AvgIpc) is 2.28. The molecule has 4 heteroatoms. The summed E-state index contributed by atoms with van der Waals surface area (Å²) in [7, 11) is 0. The van der Waals surface area contributed by atoms with Crippen LogP contribution >= 0.6 is 15.9 Å². The molecule has 0 saturated heterocycles. The Morgan fingerprint density at radius 2 is 2.12 bits per heavy atom. The van der Waals surface area contributed by atoms with E-state index in [-0.39, 0.29) is 5.43 Å². The number of fused-ring (bicyclic) bond motifs is 1. The highest BCUT2D eigenvalue weighted by Crippen LogP contribution is 2.17. The van der Waals surface area contributed by atoms with Gasteiger partial charge in [-0.3, -0.25) is 9.59 Å². The van der Waals surface area contributed by atoms with Crippen molar-refractivity contribution in [1.29, 1.82) is 0 Å². The summed E-state index contributed by atoms with van der Waals surface area (Å²) in [6.45, 7) is 0. The van der Waals surface area contributed by atoms with E-state index in [1.807, 2.05) is 0 Å². The molecule has 0 N–H and O–H groups in total. The fourth-order valence-electron chi connectivity index (χ4n) is 1.38. The van der Waals surface area contributed by atoms with Crippen molar-refractivity contribution >= 4 is 39.3 Å². The fraction of sp³-hybridized carbons (Fsp3) is 0. The van der Waals surface area contributed by atoms with Gasteiger partial charge in [-0.2, -0.15) is 0 Å². The topological polar surface area (TPSA) is 47.3 Å². The van der Waals surface area contributed by atoms with Crippen molar-refractivity contribution in [2.24, 2.45) is 0 Å². The van der Waals surface area contributed by atoms with Crippen molar-refractivity contribution < 1.29 is 9.21 Å². The van der Waals surface area contributed by atoms with Gasteiger partial charge in [-0.1, -0.05) is 15.9 Å². The molecule has 0 spiro atoms. The highest BCUT2D eigenvalue weighted by Gasteiger charge is 2.04. The molecule has 80 valence electrons. The maximum absolute atomic E-state index is 11.9. The van der Waals surface area contributed by atoms with Gasteiger partial charge in [-0.15, -0.1) is 0 Å². The second-order valence-corrected chi connectivity index (χ2v) is 4.07. The molecule has 2 aromatic rings. The maximum atomic E-state index is 11.9. The molecule has 1 aromatic heterocycles. The van der Waals surface area contributed by atoms with Crippen LogP contribution in [0.2, 0.25) is 0 Å². The van der Waals surface area contributed by atoms with Gasteiger partial charge in [-0.05, 0) is 30.4 Å². The summed E-state index contributed by atoms with van der Waals surface area (Å²) in [5.74, 6) is 0. The summed E-state index contributed by atoms with van der Waals surface area (Å²) in [6, 6.07) is 5.18. The van der Waals surface area contributed by atoms with Crippen LogP contribution in [0.25, 0.3) is 17.0 Å². The van der Waals surface area contributed by atoms with Crippen LogP contribution in [-0.4, -0.2) is 6.29 Å². The quantitative estimate of drug-likeness (QED) is 0.627. The first kappa shape index (κ1) is 10.8. The molecule has 0 radical (unpaired) electrons. The molecule has 1 aromatic carbocycles. The molecule has 0 saturated carbocycles.